The van der Waals surface area contributed by atoms with E-state index in [2.05, 4.69) is 10.2 Å². The van der Waals surface area contributed by atoms with Crippen LogP contribution in [0.1, 0.15) is 22.3 Å². The number of halogens is 1. The van der Waals surface area contributed by atoms with Crippen molar-refractivity contribution in [2.24, 2.45) is 0 Å². The van der Waals surface area contributed by atoms with E-state index in [0.717, 1.165) is 38.2 Å². The van der Waals surface area contributed by atoms with Gasteiger partial charge in [0.1, 0.15) is 0 Å². The molecule has 1 N–H and O–H groups in total. The van der Waals surface area contributed by atoms with Crippen LogP contribution < -0.4 is 5.32 Å². The summed E-state index contributed by atoms with van der Waals surface area (Å²) in [5, 5.41) is 14.3. The fraction of sp³-hybridized carbons (Fsp3) is 0.562. The number of hydrogen-bond donors (Lipinski definition) is 1. The number of carbonyl (C=O) groups is 1. The lowest BCUT2D eigenvalue weighted by Gasteiger charge is -2.38. The highest BCUT2D eigenvalue weighted by Crippen LogP contribution is 2.20. The summed E-state index contributed by atoms with van der Waals surface area (Å²) in [6.07, 6.45) is 1.16. The number of benzene rings is 1. The average molecular weight is 355 g/mol. The molecule has 132 valence electrons. The highest BCUT2D eigenvalue weighted by molar-refractivity contribution is 5.96. The van der Waals surface area contributed by atoms with Crippen LogP contribution in [-0.4, -0.2) is 65.9 Å². The minimum absolute atomic E-state index is 0. The normalized spacial score (nSPS) is 21.4. The summed E-state index contributed by atoms with van der Waals surface area (Å²) in [5.74, 6) is -0.101. The lowest BCUT2D eigenvalue weighted by molar-refractivity contribution is -0.384. The molecule has 0 bridgehead atoms. The van der Waals surface area contributed by atoms with Gasteiger partial charge < -0.3 is 10.2 Å². The van der Waals surface area contributed by atoms with Crippen molar-refractivity contribution in [3.8, 4) is 0 Å². The molecule has 0 saturated carbocycles. The van der Waals surface area contributed by atoms with Crippen LogP contribution in [0.25, 0.3) is 0 Å². The van der Waals surface area contributed by atoms with Gasteiger partial charge >= 0.3 is 0 Å². The molecule has 0 aliphatic carbocycles. The molecule has 1 aromatic rings. The lowest BCUT2D eigenvalue weighted by atomic mass is 10.1. The van der Waals surface area contributed by atoms with E-state index in [9.17, 15) is 14.9 Å². The molecule has 1 aromatic carbocycles. The summed E-state index contributed by atoms with van der Waals surface area (Å²) in [7, 11) is 0. The van der Waals surface area contributed by atoms with Gasteiger partial charge in [0.15, 0.2) is 0 Å². The Kier molecular flexibility index (Phi) is 6.15. The Morgan fingerprint density at radius 2 is 2.00 bits per heavy atom. The predicted octanol–water partition coefficient (Wildman–Crippen LogP) is 1.44. The highest BCUT2D eigenvalue weighted by atomic mass is 35.5. The van der Waals surface area contributed by atoms with E-state index < -0.39 is 4.92 Å². The number of non-ortho nitro benzene ring substituents is 1. The van der Waals surface area contributed by atoms with Crippen LogP contribution in [0, 0.1) is 17.0 Å². The maximum atomic E-state index is 12.7. The van der Waals surface area contributed by atoms with E-state index in [-0.39, 0.29) is 24.0 Å². The first-order chi connectivity index (χ1) is 11.1. The van der Waals surface area contributed by atoms with Gasteiger partial charge in [0.05, 0.1) is 4.92 Å². The molecule has 24 heavy (non-hydrogen) atoms. The van der Waals surface area contributed by atoms with Gasteiger partial charge in [-0.05, 0) is 25.5 Å². The molecule has 2 aliphatic rings. The Balaban J connectivity index is 0.00000208. The molecule has 2 aliphatic heterocycles. The smallest absolute Gasteiger partial charge is 0.270 e. The Bertz CT molecular complexity index is 611. The Morgan fingerprint density at radius 3 is 2.58 bits per heavy atom. The molecule has 0 radical (unpaired) electrons. The fourth-order valence-corrected chi connectivity index (χ4v) is 3.37. The first kappa shape index (κ1) is 18.6. The maximum absolute atomic E-state index is 12.7. The third-order valence-electron chi connectivity index (χ3n) is 4.81. The summed E-state index contributed by atoms with van der Waals surface area (Å²) in [4.78, 5) is 27.4. The van der Waals surface area contributed by atoms with Gasteiger partial charge in [-0.1, -0.05) is 6.07 Å². The molecule has 1 unspecified atom stereocenters. The van der Waals surface area contributed by atoms with Crippen LogP contribution >= 0.6 is 12.4 Å². The van der Waals surface area contributed by atoms with Crippen molar-refractivity contribution in [3.63, 3.8) is 0 Å². The van der Waals surface area contributed by atoms with Crippen molar-refractivity contribution >= 4 is 24.0 Å². The predicted molar refractivity (Wildman–Crippen MR) is 93.8 cm³/mol. The van der Waals surface area contributed by atoms with Gasteiger partial charge in [-0.25, -0.2) is 0 Å². The van der Waals surface area contributed by atoms with Crippen LogP contribution in [0.3, 0.4) is 0 Å². The Hall–Kier alpha value is -1.70. The molecule has 1 atom stereocenters. The van der Waals surface area contributed by atoms with Crippen molar-refractivity contribution < 1.29 is 9.72 Å². The van der Waals surface area contributed by atoms with Crippen LogP contribution in [-0.2, 0) is 0 Å². The topological polar surface area (TPSA) is 78.7 Å². The maximum Gasteiger partial charge on any atom is 0.270 e. The Labute approximate surface area is 147 Å². The van der Waals surface area contributed by atoms with E-state index in [4.69, 9.17) is 0 Å². The minimum atomic E-state index is -0.457. The summed E-state index contributed by atoms with van der Waals surface area (Å²) in [6, 6.07) is 5.06. The van der Waals surface area contributed by atoms with Crippen molar-refractivity contribution in [2.45, 2.75) is 19.4 Å². The van der Waals surface area contributed by atoms with Crippen LogP contribution in [0.2, 0.25) is 0 Å². The van der Waals surface area contributed by atoms with Crippen LogP contribution in [0.5, 0.6) is 0 Å². The van der Waals surface area contributed by atoms with Gasteiger partial charge in [-0.2, -0.15) is 0 Å². The van der Waals surface area contributed by atoms with Gasteiger partial charge in [-0.3, -0.25) is 19.8 Å². The largest absolute Gasteiger partial charge is 0.336 e. The molecule has 3 rings (SSSR count). The van der Waals surface area contributed by atoms with Gasteiger partial charge in [0.2, 0.25) is 0 Å². The molecular formula is C16H23ClN4O3. The number of nitrogens with one attached hydrogen (secondary N) is 1. The van der Waals surface area contributed by atoms with Crippen molar-refractivity contribution in [1.29, 1.82) is 0 Å². The average Bonchev–Trinajstić information content (AvgIpc) is 3.09. The molecule has 2 fully saturated rings. The standard InChI is InChI=1S/C16H22N4O3.ClH/c1-12-2-3-13(20(22)23)10-15(12)16(21)19-8-6-18(7-9-19)14-4-5-17-11-14;/h2-3,10,14,17H,4-9,11H2,1H3;1H. The Morgan fingerprint density at radius 1 is 1.29 bits per heavy atom. The van der Waals surface area contributed by atoms with Gasteiger partial charge in [-0.15, -0.1) is 12.4 Å². The first-order valence-electron chi connectivity index (χ1n) is 8.05. The molecule has 8 heteroatoms. The van der Waals surface area contributed by atoms with E-state index in [0.29, 0.717) is 24.7 Å². The number of hydrogen-bond acceptors (Lipinski definition) is 5. The van der Waals surface area contributed by atoms with Crippen molar-refractivity contribution in [1.82, 2.24) is 15.1 Å². The number of nitro benzene ring substituents is 1. The van der Waals surface area contributed by atoms with Crippen LogP contribution in [0.4, 0.5) is 5.69 Å². The molecule has 2 saturated heterocycles. The number of piperazine rings is 1. The second kappa shape index (κ2) is 7.92. The molecule has 1 amide bonds. The number of amides is 1. The molecule has 7 nitrogen and oxygen atoms in total. The summed E-state index contributed by atoms with van der Waals surface area (Å²) < 4.78 is 0. The lowest BCUT2D eigenvalue weighted by Crippen LogP contribution is -2.52. The second-order valence-corrected chi connectivity index (χ2v) is 6.23. The number of rotatable bonds is 3. The zero-order chi connectivity index (χ0) is 16.4. The fourth-order valence-electron chi connectivity index (χ4n) is 3.37. The van der Waals surface area contributed by atoms with E-state index in [1.807, 2.05) is 11.8 Å². The summed E-state index contributed by atoms with van der Waals surface area (Å²) in [5.41, 5.74) is 1.19. The van der Waals surface area contributed by atoms with E-state index in [1.54, 1.807) is 6.07 Å². The molecule has 0 spiro atoms. The molecule has 0 aromatic heterocycles. The monoisotopic (exact) mass is 354 g/mol. The van der Waals surface area contributed by atoms with Gasteiger partial charge in [0, 0.05) is 56.5 Å². The number of carbonyl (C=O) groups excluding carboxylic acids is 1. The SMILES string of the molecule is Cc1ccc([N+](=O)[O-])cc1C(=O)N1CCN(C2CCNC2)CC1.Cl. The first-order valence-corrected chi connectivity index (χ1v) is 8.05. The van der Waals surface area contributed by atoms with Crippen molar-refractivity contribution in [2.75, 3.05) is 39.3 Å². The number of nitrogens with zero attached hydrogens (tertiary/aromatic N) is 3. The zero-order valence-electron chi connectivity index (χ0n) is 13.7. The van der Waals surface area contributed by atoms with E-state index in [1.165, 1.54) is 12.1 Å². The third kappa shape index (κ3) is 3.85. The van der Waals surface area contributed by atoms with Crippen molar-refractivity contribution in [3.05, 3.63) is 39.4 Å². The summed E-state index contributed by atoms with van der Waals surface area (Å²) in [6.45, 7) is 7.00. The molecule has 2 heterocycles. The zero-order valence-corrected chi connectivity index (χ0v) is 14.6. The number of nitro groups is 1. The second-order valence-electron chi connectivity index (χ2n) is 6.23. The van der Waals surface area contributed by atoms with Crippen LogP contribution in [0.15, 0.2) is 18.2 Å². The number of aryl methyl sites for hydroxylation is 1. The molecular weight excluding hydrogens is 332 g/mol. The summed E-state index contributed by atoms with van der Waals surface area (Å²) >= 11 is 0. The third-order valence-corrected chi connectivity index (χ3v) is 4.81. The van der Waals surface area contributed by atoms with Gasteiger partial charge in [0.25, 0.3) is 11.6 Å². The highest BCUT2D eigenvalue weighted by Gasteiger charge is 2.29. The quantitative estimate of drug-likeness (QED) is 0.656. The van der Waals surface area contributed by atoms with E-state index >= 15 is 0 Å². The minimum Gasteiger partial charge on any atom is -0.336 e.